The highest BCUT2D eigenvalue weighted by Gasteiger charge is 2.14. The summed E-state index contributed by atoms with van der Waals surface area (Å²) in [4.78, 5) is 25.1. The van der Waals surface area contributed by atoms with E-state index >= 15 is 0 Å². The van der Waals surface area contributed by atoms with Crippen LogP contribution in [0, 0.1) is 13.8 Å². The molecule has 0 aliphatic carbocycles. The van der Waals surface area contributed by atoms with Crippen LogP contribution in [-0.2, 0) is 7.05 Å². The number of ether oxygens (including phenoxy) is 1. The van der Waals surface area contributed by atoms with Gasteiger partial charge in [0.25, 0.3) is 5.56 Å². The van der Waals surface area contributed by atoms with Crippen LogP contribution in [0.1, 0.15) is 11.3 Å². The number of aryl methyl sites for hydroxylation is 2. The highest BCUT2D eigenvalue weighted by molar-refractivity contribution is 7.13. The number of hydrogen-bond donors (Lipinski definition) is 0. The number of nitrogens with zero attached hydrogens (tertiary/aromatic N) is 3. The second-order valence-electron chi connectivity index (χ2n) is 6.70. The minimum atomic E-state index is -0.366. The largest absolute Gasteiger partial charge is 0.496 e. The Morgan fingerprint density at radius 1 is 1.04 bits per heavy atom. The van der Waals surface area contributed by atoms with Crippen molar-refractivity contribution in [2.75, 3.05) is 7.11 Å². The standard InChI is InChI=1S/C21H19N3O3S/c1-12-9-14(5-7-17(12)27-4)20-16-11-15(6-8-18(16)28-22-20)24-19(25)10-13(2)23(3)21(24)26/h5-11H,1-4H3. The first-order valence-corrected chi connectivity index (χ1v) is 9.52. The van der Waals surface area contributed by atoms with Crippen molar-refractivity contribution in [2.24, 2.45) is 7.05 Å². The highest BCUT2D eigenvalue weighted by Crippen LogP contribution is 2.34. The topological polar surface area (TPSA) is 66.1 Å². The molecule has 0 aliphatic rings. The Bertz CT molecular complexity index is 1330. The Labute approximate surface area is 165 Å². The molecule has 6 nitrogen and oxygen atoms in total. The van der Waals surface area contributed by atoms with Crippen LogP contribution >= 0.6 is 11.5 Å². The van der Waals surface area contributed by atoms with E-state index in [1.54, 1.807) is 27.1 Å². The fourth-order valence-corrected chi connectivity index (χ4v) is 4.05. The zero-order valence-corrected chi connectivity index (χ0v) is 16.8. The van der Waals surface area contributed by atoms with Crippen molar-refractivity contribution in [3.05, 3.63) is 74.6 Å². The molecule has 0 N–H and O–H groups in total. The van der Waals surface area contributed by atoms with E-state index < -0.39 is 0 Å². The molecule has 0 aliphatic heterocycles. The van der Waals surface area contributed by atoms with Gasteiger partial charge in [-0.2, -0.15) is 4.37 Å². The van der Waals surface area contributed by atoms with Crippen molar-refractivity contribution in [1.29, 1.82) is 0 Å². The quantitative estimate of drug-likeness (QED) is 0.535. The van der Waals surface area contributed by atoms with Crippen molar-refractivity contribution >= 4 is 21.6 Å². The predicted molar refractivity (Wildman–Crippen MR) is 112 cm³/mol. The molecule has 0 radical (unpaired) electrons. The highest BCUT2D eigenvalue weighted by atomic mass is 32.1. The van der Waals surface area contributed by atoms with Gasteiger partial charge in [-0.15, -0.1) is 0 Å². The molecule has 4 aromatic rings. The maximum Gasteiger partial charge on any atom is 0.335 e. The number of hydrogen-bond acceptors (Lipinski definition) is 5. The summed E-state index contributed by atoms with van der Waals surface area (Å²) < 4.78 is 13.6. The van der Waals surface area contributed by atoms with Crippen LogP contribution in [0.15, 0.2) is 52.1 Å². The molecule has 142 valence electrons. The summed E-state index contributed by atoms with van der Waals surface area (Å²) in [6.07, 6.45) is 0. The number of fused-ring (bicyclic) bond motifs is 1. The van der Waals surface area contributed by atoms with Gasteiger partial charge >= 0.3 is 5.69 Å². The molecule has 28 heavy (non-hydrogen) atoms. The van der Waals surface area contributed by atoms with Gasteiger partial charge in [0, 0.05) is 29.8 Å². The maximum absolute atomic E-state index is 12.7. The van der Waals surface area contributed by atoms with Crippen molar-refractivity contribution in [2.45, 2.75) is 13.8 Å². The lowest BCUT2D eigenvalue weighted by atomic mass is 10.0. The minimum absolute atomic E-state index is 0.343. The summed E-state index contributed by atoms with van der Waals surface area (Å²) in [7, 11) is 3.30. The molecule has 0 saturated carbocycles. The summed E-state index contributed by atoms with van der Waals surface area (Å²) in [6.45, 7) is 3.72. The third-order valence-corrected chi connectivity index (χ3v) is 5.77. The van der Waals surface area contributed by atoms with E-state index in [0.29, 0.717) is 11.4 Å². The SMILES string of the molecule is COc1ccc(-c2nsc3ccc(-n4c(=O)cc(C)n(C)c4=O)cc23)cc1C. The minimum Gasteiger partial charge on any atom is -0.496 e. The molecule has 4 rings (SSSR count). The second-order valence-corrected chi connectivity index (χ2v) is 7.50. The van der Waals surface area contributed by atoms with E-state index in [1.165, 1.54) is 26.7 Å². The first kappa shape index (κ1) is 18.2. The molecular weight excluding hydrogens is 374 g/mol. The van der Waals surface area contributed by atoms with Crippen LogP contribution in [0.3, 0.4) is 0 Å². The molecule has 0 unspecified atom stereocenters. The Morgan fingerprint density at radius 2 is 1.82 bits per heavy atom. The van der Waals surface area contributed by atoms with Crippen molar-refractivity contribution < 1.29 is 4.74 Å². The summed E-state index contributed by atoms with van der Waals surface area (Å²) >= 11 is 1.39. The Morgan fingerprint density at radius 3 is 2.54 bits per heavy atom. The molecule has 0 amide bonds. The van der Waals surface area contributed by atoms with Gasteiger partial charge in [-0.3, -0.25) is 4.79 Å². The number of benzene rings is 2. The van der Waals surface area contributed by atoms with Crippen LogP contribution in [0.2, 0.25) is 0 Å². The number of methoxy groups -OCH3 is 1. The summed E-state index contributed by atoms with van der Waals surface area (Å²) in [6, 6.07) is 12.9. The van der Waals surface area contributed by atoms with Crippen LogP contribution in [-0.4, -0.2) is 20.6 Å². The molecule has 7 heteroatoms. The van der Waals surface area contributed by atoms with Gasteiger partial charge in [0.1, 0.15) is 5.75 Å². The lowest BCUT2D eigenvalue weighted by molar-refractivity contribution is 0.412. The van der Waals surface area contributed by atoms with Crippen LogP contribution in [0.5, 0.6) is 5.75 Å². The first-order valence-electron chi connectivity index (χ1n) is 8.75. The van der Waals surface area contributed by atoms with Gasteiger partial charge in [-0.1, -0.05) is 0 Å². The lowest BCUT2D eigenvalue weighted by Crippen LogP contribution is -2.38. The van der Waals surface area contributed by atoms with Crippen molar-refractivity contribution in [3.63, 3.8) is 0 Å². The third kappa shape index (κ3) is 2.84. The fourth-order valence-electron chi connectivity index (χ4n) is 3.27. The van der Waals surface area contributed by atoms with Gasteiger partial charge < -0.3 is 9.30 Å². The lowest BCUT2D eigenvalue weighted by Gasteiger charge is -2.10. The predicted octanol–water partition coefficient (Wildman–Crippen LogP) is 3.44. The van der Waals surface area contributed by atoms with E-state index in [1.807, 2.05) is 37.3 Å². The molecule has 0 spiro atoms. The smallest absolute Gasteiger partial charge is 0.335 e. The Kier molecular flexibility index (Phi) is 4.39. The molecular formula is C21H19N3O3S. The molecule has 0 atom stereocenters. The Hall–Kier alpha value is -3.19. The average molecular weight is 393 g/mol. The van der Waals surface area contributed by atoms with Crippen LogP contribution < -0.4 is 16.0 Å². The van der Waals surface area contributed by atoms with Crippen molar-refractivity contribution in [1.82, 2.24) is 13.5 Å². The van der Waals surface area contributed by atoms with Gasteiger partial charge in [-0.25, -0.2) is 9.36 Å². The number of aromatic nitrogens is 3. The maximum atomic E-state index is 12.7. The number of rotatable bonds is 3. The third-order valence-electron chi connectivity index (χ3n) is 4.94. The summed E-state index contributed by atoms with van der Waals surface area (Å²) in [5, 5.41) is 0.904. The van der Waals surface area contributed by atoms with E-state index in [0.717, 1.165) is 32.7 Å². The van der Waals surface area contributed by atoms with Gasteiger partial charge in [0.05, 0.1) is 23.2 Å². The second kappa shape index (κ2) is 6.76. The van der Waals surface area contributed by atoms with Crippen molar-refractivity contribution in [3.8, 4) is 22.7 Å². The fraction of sp³-hybridized carbons (Fsp3) is 0.190. The Balaban J connectivity index is 1.93. The summed E-state index contributed by atoms with van der Waals surface area (Å²) in [5.74, 6) is 0.818. The summed E-state index contributed by atoms with van der Waals surface area (Å²) in [5.41, 5.74) is 3.25. The zero-order valence-electron chi connectivity index (χ0n) is 16.0. The molecule has 2 aromatic heterocycles. The molecule has 2 aromatic carbocycles. The molecule has 0 bridgehead atoms. The normalized spacial score (nSPS) is 11.1. The van der Waals surface area contributed by atoms with E-state index in [4.69, 9.17) is 4.74 Å². The monoisotopic (exact) mass is 393 g/mol. The van der Waals surface area contributed by atoms with E-state index in [9.17, 15) is 9.59 Å². The molecule has 0 fully saturated rings. The molecule has 0 saturated heterocycles. The first-order chi connectivity index (χ1) is 13.4. The van der Waals surface area contributed by atoms with Gasteiger partial charge in [-0.05, 0) is 67.3 Å². The molecule has 2 heterocycles. The van der Waals surface area contributed by atoms with Crippen LogP contribution in [0.25, 0.3) is 27.0 Å². The van der Waals surface area contributed by atoms with Crippen LogP contribution in [0.4, 0.5) is 0 Å². The van der Waals surface area contributed by atoms with E-state index in [2.05, 4.69) is 4.37 Å². The van der Waals surface area contributed by atoms with Gasteiger partial charge in [0.15, 0.2) is 0 Å². The average Bonchev–Trinajstić information content (AvgIpc) is 3.09. The van der Waals surface area contributed by atoms with Gasteiger partial charge in [0.2, 0.25) is 0 Å². The zero-order chi connectivity index (χ0) is 20.0. The van der Waals surface area contributed by atoms with E-state index in [-0.39, 0.29) is 11.2 Å².